The molecule has 108 valence electrons. The summed E-state index contributed by atoms with van der Waals surface area (Å²) in [5, 5.41) is 1.86. The lowest BCUT2D eigenvalue weighted by atomic mass is 10.2. The van der Waals surface area contributed by atoms with Gasteiger partial charge in [-0.25, -0.2) is 17.5 Å². The molecule has 3 N–H and O–H groups in total. The molecule has 0 atom stereocenters. The van der Waals surface area contributed by atoms with Gasteiger partial charge in [0.15, 0.2) is 0 Å². The molecule has 0 radical (unpaired) electrons. The fourth-order valence-electron chi connectivity index (χ4n) is 1.65. The molecule has 0 aliphatic carbocycles. The van der Waals surface area contributed by atoms with Crippen LogP contribution in [0.25, 0.3) is 0 Å². The number of rotatable bonds is 4. The van der Waals surface area contributed by atoms with E-state index in [1.54, 1.807) is 0 Å². The Labute approximate surface area is 129 Å². The topological polar surface area (TPSA) is 72.2 Å². The lowest BCUT2D eigenvalue weighted by Crippen LogP contribution is -2.24. The number of hydrogen-bond acceptors (Lipinski definition) is 4. The van der Waals surface area contributed by atoms with Crippen LogP contribution >= 0.6 is 27.3 Å². The minimum atomic E-state index is -3.73. The highest BCUT2D eigenvalue weighted by atomic mass is 79.9. The number of aryl methyl sites for hydroxylation is 1. The van der Waals surface area contributed by atoms with E-state index in [9.17, 15) is 12.8 Å². The zero-order valence-corrected chi connectivity index (χ0v) is 13.7. The summed E-state index contributed by atoms with van der Waals surface area (Å²) in [5.41, 5.74) is 5.56. The second-order valence-corrected chi connectivity index (χ2v) is 7.75. The minimum absolute atomic E-state index is 0.0101. The number of thiophene rings is 1. The van der Waals surface area contributed by atoms with Crippen molar-refractivity contribution >= 4 is 43.0 Å². The van der Waals surface area contributed by atoms with Gasteiger partial charge in [-0.15, -0.1) is 11.3 Å². The summed E-state index contributed by atoms with van der Waals surface area (Å²) >= 11 is 4.77. The molecule has 0 amide bonds. The van der Waals surface area contributed by atoms with Gasteiger partial charge in [0, 0.05) is 15.9 Å². The van der Waals surface area contributed by atoms with Crippen molar-refractivity contribution in [1.29, 1.82) is 0 Å². The summed E-state index contributed by atoms with van der Waals surface area (Å²) in [6, 6.07) is 4.09. The van der Waals surface area contributed by atoms with Crippen LogP contribution in [-0.4, -0.2) is 8.42 Å². The molecule has 0 spiro atoms. The first-order valence-electron chi connectivity index (χ1n) is 5.58. The molecule has 4 nitrogen and oxygen atoms in total. The Morgan fingerprint density at radius 3 is 2.75 bits per heavy atom. The predicted octanol–water partition coefficient (Wildman–Crippen LogP) is 3.02. The number of nitrogen functional groups attached to an aromatic ring is 1. The zero-order valence-electron chi connectivity index (χ0n) is 10.5. The molecule has 0 saturated carbocycles. The Morgan fingerprint density at radius 2 is 2.15 bits per heavy atom. The number of nitrogens with two attached hydrogens (primary N) is 1. The Morgan fingerprint density at radius 1 is 1.45 bits per heavy atom. The summed E-state index contributed by atoms with van der Waals surface area (Å²) in [6.07, 6.45) is 0. The van der Waals surface area contributed by atoms with Crippen LogP contribution < -0.4 is 10.5 Å². The van der Waals surface area contributed by atoms with Crippen molar-refractivity contribution < 1.29 is 12.8 Å². The molecule has 1 aromatic heterocycles. The third kappa shape index (κ3) is 3.20. The number of nitrogens with one attached hydrogen (secondary N) is 1. The lowest BCUT2D eigenvalue weighted by Gasteiger charge is -2.10. The second-order valence-electron chi connectivity index (χ2n) is 4.16. The van der Waals surface area contributed by atoms with Crippen LogP contribution in [0, 0.1) is 12.7 Å². The molecule has 2 rings (SSSR count). The maximum absolute atomic E-state index is 13.3. The van der Waals surface area contributed by atoms with Crippen LogP contribution in [0.3, 0.4) is 0 Å². The molecule has 0 fully saturated rings. The molecule has 1 aromatic carbocycles. The molecule has 20 heavy (non-hydrogen) atoms. The van der Waals surface area contributed by atoms with Gasteiger partial charge in [-0.2, -0.15) is 0 Å². The van der Waals surface area contributed by atoms with E-state index in [0.717, 1.165) is 21.5 Å². The molecule has 0 aliphatic rings. The highest BCUT2D eigenvalue weighted by Gasteiger charge is 2.19. The van der Waals surface area contributed by atoms with E-state index < -0.39 is 15.8 Å². The van der Waals surface area contributed by atoms with Gasteiger partial charge in [0.1, 0.15) is 5.82 Å². The van der Waals surface area contributed by atoms with E-state index in [4.69, 9.17) is 5.73 Å². The summed E-state index contributed by atoms with van der Waals surface area (Å²) in [7, 11) is -3.73. The van der Waals surface area contributed by atoms with Gasteiger partial charge in [-0.3, -0.25) is 0 Å². The Balaban J connectivity index is 2.27. The number of hydrogen-bond donors (Lipinski definition) is 2. The van der Waals surface area contributed by atoms with Crippen LogP contribution in [0.1, 0.15) is 10.4 Å². The first kappa shape index (κ1) is 15.4. The van der Waals surface area contributed by atoms with Crippen LogP contribution in [0.5, 0.6) is 0 Å². The Kier molecular flexibility index (Phi) is 4.48. The van der Waals surface area contributed by atoms with Gasteiger partial charge in [0.05, 0.1) is 10.6 Å². The largest absolute Gasteiger partial charge is 0.396 e. The first-order chi connectivity index (χ1) is 9.31. The number of halogens is 2. The quantitative estimate of drug-likeness (QED) is 0.803. The SMILES string of the molecule is Cc1cc(F)c(N)cc1S(=O)(=O)NCc1sccc1Br. The van der Waals surface area contributed by atoms with Crippen molar-refractivity contribution in [2.75, 3.05) is 5.73 Å². The van der Waals surface area contributed by atoms with E-state index >= 15 is 0 Å². The molecule has 8 heteroatoms. The maximum Gasteiger partial charge on any atom is 0.241 e. The smallest absolute Gasteiger partial charge is 0.241 e. The highest BCUT2D eigenvalue weighted by Crippen LogP contribution is 2.24. The standard InChI is InChI=1S/C12H12BrFN2O2S2/c1-7-4-9(14)10(15)5-12(7)20(17,18)16-6-11-8(13)2-3-19-11/h2-5,16H,6,15H2,1H3. The maximum atomic E-state index is 13.3. The van der Waals surface area contributed by atoms with Crippen LogP contribution in [-0.2, 0) is 16.6 Å². The summed E-state index contributed by atoms with van der Waals surface area (Å²) in [4.78, 5) is 0.852. The molecule has 0 bridgehead atoms. The van der Waals surface area contributed by atoms with Gasteiger partial charge in [0.25, 0.3) is 0 Å². The molecular weight excluding hydrogens is 367 g/mol. The second kappa shape index (κ2) is 5.80. The van der Waals surface area contributed by atoms with Crippen molar-refractivity contribution in [2.24, 2.45) is 0 Å². The molecule has 1 heterocycles. The third-order valence-electron chi connectivity index (χ3n) is 2.70. The third-order valence-corrected chi connectivity index (χ3v) is 6.17. The summed E-state index contributed by atoms with van der Waals surface area (Å²) < 4.78 is 41.0. The van der Waals surface area contributed by atoms with Crippen molar-refractivity contribution in [3.05, 3.63) is 44.3 Å². The fraction of sp³-hybridized carbons (Fsp3) is 0.167. The van der Waals surface area contributed by atoms with Crippen LogP contribution in [0.2, 0.25) is 0 Å². The minimum Gasteiger partial charge on any atom is -0.396 e. The monoisotopic (exact) mass is 378 g/mol. The number of sulfonamides is 1. The van der Waals surface area contributed by atoms with Crippen molar-refractivity contribution in [3.63, 3.8) is 0 Å². The Hall–Kier alpha value is -0.960. The fourth-order valence-corrected chi connectivity index (χ4v) is 4.43. The van der Waals surface area contributed by atoms with Crippen LogP contribution in [0.15, 0.2) is 32.9 Å². The van der Waals surface area contributed by atoms with Gasteiger partial charge < -0.3 is 5.73 Å². The van der Waals surface area contributed by atoms with Gasteiger partial charge in [-0.05, 0) is 52.0 Å². The molecule has 0 aliphatic heterocycles. The normalized spacial score (nSPS) is 11.8. The van der Waals surface area contributed by atoms with Gasteiger partial charge in [0.2, 0.25) is 10.0 Å². The zero-order chi connectivity index (χ0) is 14.9. The van der Waals surface area contributed by atoms with Gasteiger partial charge in [-0.1, -0.05) is 0 Å². The van der Waals surface area contributed by atoms with E-state index in [-0.39, 0.29) is 17.1 Å². The van der Waals surface area contributed by atoms with E-state index in [0.29, 0.717) is 5.56 Å². The van der Waals surface area contributed by atoms with Crippen LogP contribution in [0.4, 0.5) is 10.1 Å². The predicted molar refractivity (Wildman–Crippen MR) is 81.6 cm³/mol. The van der Waals surface area contributed by atoms with E-state index in [1.165, 1.54) is 18.3 Å². The highest BCUT2D eigenvalue weighted by molar-refractivity contribution is 9.10. The van der Waals surface area contributed by atoms with E-state index in [2.05, 4.69) is 20.7 Å². The van der Waals surface area contributed by atoms with Gasteiger partial charge >= 0.3 is 0 Å². The van der Waals surface area contributed by atoms with E-state index in [1.807, 2.05) is 11.4 Å². The van der Waals surface area contributed by atoms with Crippen molar-refractivity contribution in [1.82, 2.24) is 4.72 Å². The number of anilines is 1. The lowest BCUT2D eigenvalue weighted by molar-refractivity contribution is 0.580. The molecular formula is C12H12BrFN2O2S2. The van der Waals surface area contributed by atoms with Crippen molar-refractivity contribution in [2.45, 2.75) is 18.4 Å². The molecule has 0 saturated heterocycles. The summed E-state index contributed by atoms with van der Waals surface area (Å²) in [6.45, 7) is 1.69. The number of benzene rings is 1. The van der Waals surface area contributed by atoms with Crippen molar-refractivity contribution in [3.8, 4) is 0 Å². The first-order valence-corrected chi connectivity index (χ1v) is 8.74. The Bertz CT molecular complexity index is 744. The average molecular weight is 379 g/mol. The average Bonchev–Trinajstić information content (AvgIpc) is 2.77. The molecule has 0 unspecified atom stereocenters. The summed E-state index contributed by atoms with van der Waals surface area (Å²) in [5.74, 6) is -0.623. The molecule has 2 aromatic rings.